The van der Waals surface area contributed by atoms with Crippen LogP contribution < -0.4 is 4.90 Å². The van der Waals surface area contributed by atoms with E-state index in [-0.39, 0.29) is 12.3 Å². The van der Waals surface area contributed by atoms with Crippen LogP contribution in [0, 0.1) is 0 Å². The van der Waals surface area contributed by atoms with Crippen LogP contribution in [-0.2, 0) is 17.4 Å². The molecule has 2 aromatic heterocycles. The number of amides is 1. The van der Waals surface area contributed by atoms with Gasteiger partial charge in [0.25, 0.3) is 0 Å². The first-order chi connectivity index (χ1) is 13.4. The second kappa shape index (κ2) is 7.38. The number of piperazine rings is 1. The Kier molecular flexibility index (Phi) is 4.92. The van der Waals surface area contributed by atoms with E-state index in [1.807, 2.05) is 11.4 Å². The highest BCUT2D eigenvalue weighted by Crippen LogP contribution is 2.30. The lowest BCUT2D eigenvalue weighted by Gasteiger charge is -2.35. The summed E-state index contributed by atoms with van der Waals surface area (Å²) < 4.78 is 38.5. The Morgan fingerprint density at radius 1 is 1.11 bits per heavy atom. The molecule has 146 valence electrons. The third-order valence-electron chi connectivity index (χ3n) is 4.78. The SMILES string of the molecule is O=C(Cc1cccc(C(F)(F)F)c1)N1CCN(c2ncnc3sccc23)CC1. The predicted octanol–water partition coefficient (Wildman–Crippen LogP) is 3.60. The summed E-state index contributed by atoms with van der Waals surface area (Å²) in [7, 11) is 0. The van der Waals surface area contributed by atoms with Gasteiger partial charge in [-0.05, 0) is 23.1 Å². The van der Waals surface area contributed by atoms with Crippen molar-refractivity contribution in [1.82, 2.24) is 14.9 Å². The summed E-state index contributed by atoms with van der Waals surface area (Å²) in [5.41, 5.74) is -0.357. The number of nitrogens with zero attached hydrogens (tertiary/aromatic N) is 4. The summed E-state index contributed by atoms with van der Waals surface area (Å²) in [6, 6.07) is 6.94. The van der Waals surface area contributed by atoms with E-state index in [9.17, 15) is 18.0 Å². The predicted molar refractivity (Wildman–Crippen MR) is 101 cm³/mol. The van der Waals surface area contributed by atoms with E-state index >= 15 is 0 Å². The molecule has 1 aliphatic heterocycles. The lowest BCUT2D eigenvalue weighted by Crippen LogP contribution is -2.49. The van der Waals surface area contributed by atoms with Crippen molar-refractivity contribution in [3.05, 3.63) is 53.2 Å². The molecule has 3 heterocycles. The molecule has 4 rings (SSSR count). The number of anilines is 1. The minimum Gasteiger partial charge on any atom is -0.352 e. The number of rotatable bonds is 3. The van der Waals surface area contributed by atoms with Crippen molar-refractivity contribution in [3.63, 3.8) is 0 Å². The number of hydrogen-bond donors (Lipinski definition) is 0. The Morgan fingerprint density at radius 3 is 2.64 bits per heavy atom. The Labute approximate surface area is 163 Å². The molecule has 0 saturated carbocycles. The fraction of sp³-hybridized carbons (Fsp3) is 0.316. The Morgan fingerprint density at radius 2 is 1.89 bits per heavy atom. The average Bonchev–Trinajstić information content (AvgIpc) is 3.16. The summed E-state index contributed by atoms with van der Waals surface area (Å²) in [5.74, 6) is 0.693. The molecule has 0 atom stereocenters. The summed E-state index contributed by atoms with van der Waals surface area (Å²) in [5, 5.41) is 2.97. The van der Waals surface area contributed by atoms with Crippen LogP contribution in [0.25, 0.3) is 10.2 Å². The molecular formula is C19H17F3N4OS. The van der Waals surface area contributed by atoms with E-state index in [4.69, 9.17) is 0 Å². The number of halogens is 3. The topological polar surface area (TPSA) is 49.3 Å². The quantitative estimate of drug-likeness (QED) is 0.667. The van der Waals surface area contributed by atoms with Crippen LogP contribution in [0.2, 0.25) is 0 Å². The standard InChI is InChI=1S/C19H17F3N4OS/c20-19(21,22)14-3-1-2-13(10-14)11-16(27)25-5-7-26(8-6-25)17-15-4-9-28-18(15)24-12-23-17/h1-4,9-10,12H,5-8,11H2. The van der Waals surface area contributed by atoms with Gasteiger partial charge in [0.2, 0.25) is 5.91 Å². The highest BCUT2D eigenvalue weighted by Gasteiger charge is 2.31. The molecule has 5 nitrogen and oxygen atoms in total. The molecule has 0 bridgehead atoms. The third-order valence-corrected chi connectivity index (χ3v) is 5.60. The molecule has 9 heteroatoms. The maximum absolute atomic E-state index is 12.8. The average molecular weight is 406 g/mol. The van der Waals surface area contributed by atoms with E-state index in [1.54, 1.807) is 28.6 Å². The van der Waals surface area contributed by atoms with Crippen molar-refractivity contribution in [2.24, 2.45) is 0 Å². The Balaban J connectivity index is 1.40. The van der Waals surface area contributed by atoms with Crippen LogP contribution in [0.1, 0.15) is 11.1 Å². The van der Waals surface area contributed by atoms with Gasteiger partial charge in [0.1, 0.15) is 17.0 Å². The van der Waals surface area contributed by atoms with E-state index in [2.05, 4.69) is 14.9 Å². The van der Waals surface area contributed by atoms with Crippen molar-refractivity contribution in [3.8, 4) is 0 Å². The van der Waals surface area contributed by atoms with Gasteiger partial charge < -0.3 is 9.80 Å². The van der Waals surface area contributed by atoms with Gasteiger partial charge in [-0.25, -0.2) is 9.97 Å². The summed E-state index contributed by atoms with van der Waals surface area (Å²) >= 11 is 1.55. The number of alkyl halides is 3. The van der Waals surface area contributed by atoms with E-state index < -0.39 is 11.7 Å². The maximum Gasteiger partial charge on any atom is 0.416 e. The molecule has 1 amide bonds. The number of benzene rings is 1. The second-order valence-corrected chi connectivity index (χ2v) is 7.47. The lowest BCUT2D eigenvalue weighted by atomic mass is 10.1. The molecule has 1 aromatic carbocycles. The summed E-state index contributed by atoms with van der Waals surface area (Å²) in [4.78, 5) is 25.9. The van der Waals surface area contributed by atoms with Gasteiger partial charge >= 0.3 is 6.18 Å². The van der Waals surface area contributed by atoms with Crippen LogP contribution in [0.15, 0.2) is 42.0 Å². The normalized spacial score (nSPS) is 15.2. The smallest absolute Gasteiger partial charge is 0.352 e. The van der Waals surface area contributed by atoms with Crippen LogP contribution in [0.5, 0.6) is 0 Å². The Bertz CT molecular complexity index is 996. The minimum absolute atomic E-state index is 0.0355. The van der Waals surface area contributed by atoms with Crippen LogP contribution in [0.4, 0.5) is 19.0 Å². The van der Waals surface area contributed by atoms with Crippen molar-refractivity contribution in [2.75, 3.05) is 31.1 Å². The maximum atomic E-state index is 12.8. The van der Waals surface area contributed by atoms with Crippen molar-refractivity contribution in [1.29, 1.82) is 0 Å². The second-order valence-electron chi connectivity index (χ2n) is 6.58. The third kappa shape index (κ3) is 3.80. The molecular weight excluding hydrogens is 389 g/mol. The van der Waals surface area contributed by atoms with E-state index in [0.29, 0.717) is 31.7 Å². The molecule has 1 saturated heterocycles. The van der Waals surface area contributed by atoms with E-state index in [1.165, 1.54) is 6.07 Å². The lowest BCUT2D eigenvalue weighted by molar-refractivity contribution is -0.138. The first kappa shape index (κ1) is 18.7. The largest absolute Gasteiger partial charge is 0.416 e. The van der Waals surface area contributed by atoms with Crippen molar-refractivity contribution >= 4 is 33.3 Å². The summed E-state index contributed by atoms with van der Waals surface area (Å²) in [6.45, 7) is 2.26. The number of aromatic nitrogens is 2. The molecule has 0 N–H and O–H groups in total. The van der Waals surface area contributed by atoms with Crippen LogP contribution in [-0.4, -0.2) is 47.0 Å². The number of carbonyl (C=O) groups is 1. The highest BCUT2D eigenvalue weighted by atomic mass is 32.1. The molecule has 0 radical (unpaired) electrons. The van der Waals surface area contributed by atoms with Gasteiger partial charge in [0.05, 0.1) is 17.4 Å². The molecule has 0 spiro atoms. The molecule has 0 unspecified atom stereocenters. The fourth-order valence-electron chi connectivity index (χ4n) is 3.34. The number of thiophene rings is 1. The van der Waals surface area contributed by atoms with Crippen molar-refractivity contribution < 1.29 is 18.0 Å². The fourth-order valence-corrected chi connectivity index (χ4v) is 4.07. The van der Waals surface area contributed by atoms with Gasteiger partial charge in [-0.2, -0.15) is 13.2 Å². The van der Waals surface area contributed by atoms with Gasteiger partial charge in [0.15, 0.2) is 0 Å². The zero-order valence-corrected chi connectivity index (χ0v) is 15.6. The van der Waals surface area contributed by atoms with Gasteiger partial charge in [-0.1, -0.05) is 18.2 Å². The van der Waals surface area contributed by atoms with Crippen molar-refractivity contribution in [2.45, 2.75) is 12.6 Å². The van der Waals surface area contributed by atoms with Gasteiger partial charge in [0, 0.05) is 26.2 Å². The first-order valence-electron chi connectivity index (χ1n) is 8.79. The number of carbonyl (C=O) groups excluding carboxylic acids is 1. The number of hydrogen-bond acceptors (Lipinski definition) is 5. The molecule has 1 fully saturated rings. The summed E-state index contributed by atoms with van der Waals surface area (Å²) in [6.07, 6.45) is -2.90. The van der Waals surface area contributed by atoms with E-state index in [0.717, 1.165) is 28.2 Å². The van der Waals surface area contributed by atoms with Gasteiger partial charge in [-0.3, -0.25) is 4.79 Å². The highest BCUT2D eigenvalue weighted by molar-refractivity contribution is 7.16. The zero-order chi connectivity index (χ0) is 19.7. The monoisotopic (exact) mass is 406 g/mol. The molecule has 0 aliphatic carbocycles. The Hall–Kier alpha value is -2.68. The van der Waals surface area contributed by atoms with Gasteiger partial charge in [-0.15, -0.1) is 11.3 Å². The molecule has 3 aromatic rings. The molecule has 28 heavy (non-hydrogen) atoms. The van der Waals surface area contributed by atoms with Crippen LogP contribution >= 0.6 is 11.3 Å². The van der Waals surface area contributed by atoms with Crippen LogP contribution in [0.3, 0.4) is 0 Å². The minimum atomic E-state index is -4.41. The molecule has 1 aliphatic rings. The first-order valence-corrected chi connectivity index (χ1v) is 9.67. The zero-order valence-electron chi connectivity index (χ0n) is 14.8. The number of fused-ring (bicyclic) bond motifs is 1.